The van der Waals surface area contributed by atoms with Crippen molar-refractivity contribution in [3.8, 4) is 0 Å². The Morgan fingerprint density at radius 3 is 1.58 bits per heavy atom. The second-order valence-corrected chi connectivity index (χ2v) is 14.0. The van der Waals surface area contributed by atoms with Crippen LogP contribution in [-0.2, 0) is 0 Å². The fourth-order valence-corrected chi connectivity index (χ4v) is 6.18. The minimum Gasteiger partial charge on any atom is -0.252 e. The first-order valence-corrected chi connectivity index (χ1v) is 12.9. The van der Waals surface area contributed by atoms with Crippen LogP contribution in [0.4, 0.5) is 0 Å². The summed E-state index contributed by atoms with van der Waals surface area (Å²) >= 11 is 0. The largest absolute Gasteiger partial charge is 0.252 e. The molecular weight excluding hydrogens is 265 g/mol. The van der Waals surface area contributed by atoms with E-state index >= 15 is 0 Å². The molecule has 110 valence electrons. The van der Waals surface area contributed by atoms with Crippen LogP contribution < -0.4 is 0 Å². The highest BCUT2D eigenvalue weighted by Crippen LogP contribution is 2.34. The number of nitrogens with zero attached hydrogens (tertiary/aromatic N) is 1. The third-order valence-corrected chi connectivity index (χ3v) is 8.96. The zero-order valence-corrected chi connectivity index (χ0v) is 15.1. The molecule has 0 radical (unpaired) electrons. The van der Waals surface area contributed by atoms with Gasteiger partial charge in [0.05, 0.1) is 8.07 Å². The molecule has 2 fully saturated rings. The van der Waals surface area contributed by atoms with E-state index in [1.54, 1.807) is 8.35 Å². The zero-order valence-electron chi connectivity index (χ0n) is 13.2. The molecule has 2 aliphatic carbocycles. The minimum absolute atomic E-state index is 0.895. The summed E-state index contributed by atoms with van der Waals surface area (Å²) in [5.41, 5.74) is 2.66. The molecule has 0 saturated heterocycles. The molecule has 0 aromatic carbocycles. The Hall–Kier alpha value is 0.347. The molecular formula is C16H32NPSi. The molecule has 2 rings (SSSR count). The molecule has 1 nitrogen and oxygen atoms in total. The van der Waals surface area contributed by atoms with Gasteiger partial charge in [-0.25, -0.2) is 0 Å². The van der Waals surface area contributed by atoms with Gasteiger partial charge in [0.1, 0.15) is 0 Å². The number of rotatable bonds is 4. The van der Waals surface area contributed by atoms with Crippen molar-refractivity contribution in [3.05, 3.63) is 0 Å². The predicted octanol–water partition coefficient (Wildman–Crippen LogP) is 5.49. The molecule has 2 aliphatic rings. The maximum Gasteiger partial charge on any atom is 0.0754 e. The highest BCUT2D eigenvalue weighted by atomic mass is 31.1. The highest BCUT2D eigenvalue weighted by molar-refractivity contribution is 7.45. The average molecular weight is 297 g/mol. The predicted molar refractivity (Wildman–Crippen MR) is 91.9 cm³/mol. The average Bonchev–Trinajstić information content (AvgIpc) is 2.40. The van der Waals surface area contributed by atoms with Gasteiger partial charge in [-0.2, -0.15) is 0 Å². The Morgan fingerprint density at radius 1 is 0.789 bits per heavy atom. The molecule has 0 aromatic heterocycles. The van der Waals surface area contributed by atoms with Crippen LogP contribution in [-0.4, -0.2) is 30.2 Å². The van der Waals surface area contributed by atoms with Gasteiger partial charge in [-0.05, 0) is 34.0 Å². The van der Waals surface area contributed by atoms with Crippen molar-refractivity contribution in [1.29, 1.82) is 0 Å². The Kier molecular flexibility index (Phi) is 6.11. The van der Waals surface area contributed by atoms with Crippen LogP contribution in [0.25, 0.3) is 0 Å². The van der Waals surface area contributed by atoms with Gasteiger partial charge in [-0.3, -0.25) is 4.67 Å². The van der Waals surface area contributed by atoms with Gasteiger partial charge in [0.15, 0.2) is 0 Å². The van der Waals surface area contributed by atoms with Gasteiger partial charge >= 0.3 is 0 Å². The smallest absolute Gasteiger partial charge is 0.0754 e. The number of hydrogen-bond acceptors (Lipinski definition) is 1. The summed E-state index contributed by atoms with van der Waals surface area (Å²) in [5.74, 6) is 0. The van der Waals surface area contributed by atoms with Crippen molar-refractivity contribution >= 4 is 21.8 Å². The Bertz CT molecular complexity index is 268. The van der Waals surface area contributed by atoms with Crippen molar-refractivity contribution < 1.29 is 0 Å². The zero-order chi connectivity index (χ0) is 13.7. The van der Waals surface area contributed by atoms with Crippen LogP contribution in [0, 0.1) is 0 Å². The second kappa shape index (κ2) is 7.38. The molecule has 0 spiro atoms. The standard InChI is InChI=1S/C16H32NPSi/c1-19(2,3)14-18-17(15-10-6-4-7-11-15)16-12-8-5-9-13-16/h14-16H,4-13H2,1-3H3. The van der Waals surface area contributed by atoms with Gasteiger partial charge in [0, 0.05) is 12.1 Å². The lowest BCUT2D eigenvalue weighted by molar-refractivity contribution is 0.183. The van der Waals surface area contributed by atoms with E-state index in [0.717, 1.165) is 12.1 Å². The summed E-state index contributed by atoms with van der Waals surface area (Å²) in [6.45, 7) is 7.42. The maximum absolute atomic E-state index is 2.90. The van der Waals surface area contributed by atoms with Crippen molar-refractivity contribution in [2.45, 2.75) is 95.9 Å². The van der Waals surface area contributed by atoms with E-state index in [0.29, 0.717) is 0 Å². The first-order valence-electron chi connectivity index (χ1n) is 8.40. The van der Waals surface area contributed by atoms with E-state index in [1.807, 2.05) is 0 Å². The molecule has 0 unspecified atom stereocenters. The molecule has 0 N–H and O–H groups in total. The molecule has 0 bridgehead atoms. The molecule has 0 aliphatic heterocycles. The quantitative estimate of drug-likeness (QED) is 0.489. The van der Waals surface area contributed by atoms with Crippen molar-refractivity contribution in [3.63, 3.8) is 0 Å². The van der Waals surface area contributed by atoms with Gasteiger partial charge in [0.25, 0.3) is 0 Å². The summed E-state index contributed by atoms with van der Waals surface area (Å²) in [5, 5.41) is 0. The van der Waals surface area contributed by atoms with Crippen LogP contribution in [0.2, 0.25) is 19.6 Å². The first kappa shape index (κ1) is 15.7. The molecule has 19 heavy (non-hydrogen) atoms. The van der Waals surface area contributed by atoms with Crippen LogP contribution in [0.1, 0.15) is 64.2 Å². The van der Waals surface area contributed by atoms with Gasteiger partial charge in [-0.15, -0.1) is 0 Å². The maximum atomic E-state index is 2.90. The van der Waals surface area contributed by atoms with E-state index in [4.69, 9.17) is 0 Å². The lowest BCUT2D eigenvalue weighted by Crippen LogP contribution is -2.39. The fourth-order valence-electron chi connectivity index (χ4n) is 3.42. The Labute approximate surface area is 123 Å². The molecule has 2 saturated carbocycles. The van der Waals surface area contributed by atoms with Gasteiger partial charge < -0.3 is 0 Å². The van der Waals surface area contributed by atoms with Gasteiger partial charge in [-0.1, -0.05) is 63.6 Å². The Morgan fingerprint density at radius 2 is 1.21 bits per heavy atom. The summed E-state index contributed by atoms with van der Waals surface area (Å²) in [4.78, 5) is 0. The lowest BCUT2D eigenvalue weighted by Gasteiger charge is -2.39. The van der Waals surface area contributed by atoms with E-state index < -0.39 is 8.07 Å². The van der Waals surface area contributed by atoms with E-state index in [-0.39, 0.29) is 0 Å². The first-order chi connectivity index (χ1) is 9.06. The molecule has 0 amide bonds. The monoisotopic (exact) mass is 297 g/mol. The summed E-state index contributed by atoms with van der Waals surface area (Å²) in [7, 11) is 0.533. The summed E-state index contributed by atoms with van der Waals surface area (Å²) < 4.78 is 2.90. The van der Waals surface area contributed by atoms with E-state index in [1.165, 1.54) is 64.2 Å². The second-order valence-electron chi connectivity index (χ2n) is 7.57. The third-order valence-electron chi connectivity index (χ3n) is 4.48. The normalized spacial score (nSPS) is 24.4. The Balaban J connectivity index is 2.04. The lowest BCUT2D eigenvalue weighted by atomic mass is 9.91. The van der Waals surface area contributed by atoms with E-state index in [2.05, 4.69) is 29.7 Å². The van der Waals surface area contributed by atoms with Crippen molar-refractivity contribution in [2.75, 3.05) is 0 Å². The minimum atomic E-state index is -1.03. The summed E-state index contributed by atoms with van der Waals surface area (Å²) in [6.07, 6.45) is 14.7. The molecule has 0 atom stereocenters. The summed E-state index contributed by atoms with van der Waals surface area (Å²) in [6, 6.07) is 1.79. The molecule has 0 heterocycles. The molecule has 0 aromatic rings. The topological polar surface area (TPSA) is 3.24 Å². The SMILES string of the molecule is C[Si](C)(C)C=PN(C1CCCCC1)C1CCCCC1. The van der Waals surface area contributed by atoms with E-state index in [9.17, 15) is 0 Å². The van der Waals surface area contributed by atoms with Crippen molar-refractivity contribution in [1.82, 2.24) is 4.67 Å². The van der Waals surface area contributed by atoms with Crippen LogP contribution in [0.3, 0.4) is 0 Å². The van der Waals surface area contributed by atoms with Crippen LogP contribution >= 0.6 is 8.35 Å². The van der Waals surface area contributed by atoms with Crippen molar-refractivity contribution in [2.24, 2.45) is 0 Å². The fraction of sp³-hybridized carbons (Fsp3) is 0.938. The van der Waals surface area contributed by atoms with Gasteiger partial charge in [0.2, 0.25) is 0 Å². The number of hydrogen-bond donors (Lipinski definition) is 0. The van der Waals surface area contributed by atoms with Crippen LogP contribution in [0.15, 0.2) is 0 Å². The van der Waals surface area contributed by atoms with Crippen LogP contribution in [0.5, 0.6) is 0 Å². The third kappa shape index (κ3) is 5.32. The highest BCUT2D eigenvalue weighted by Gasteiger charge is 2.28. The molecule has 3 heteroatoms.